The molecular formula is C24H26N2O5. The molecule has 7 heteroatoms. The van der Waals surface area contributed by atoms with Gasteiger partial charge >= 0.3 is 6.16 Å². The van der Waals surface area contributed by atoms with Crippen molar-refractivity contribution < 1.29 is 23.8 Å². The average molecular weight is 422 g/mol. The van der Waals surface area contributed by atoms with E-state index in [1.54, 1.807) is 0 Å². The monoisotopic (exact) mass is 422 g/mol. The van der Waals surface area contributed by atoms with Crippen LogP contribution >= 0.6 is 0 Å². The fraction of sp³-hybridized carbons (Fsp3) is 0.375. The summed E-state index contributed by atoms with van der Waals surface area (Å²) in [5.41, 5.74) is 0.119. The molecule has 7 nitrogen and oxygen atoms in total. The minimum Gasteiger partial charge on any atom is -0.429 e. The first-order valence-electron chi connectivity index (χ1n) is 10.3. The summed E-state index contributed by atoms with van der Waals surface area (Å²) < 4.78 is 16.1. The molecule has 2 aromatic rings. The van der Waals surface area contributed by atoms with Crippen LogP contribution in [0.15, 0.2) is 60.7 Å². The van der Waals surface area contributed by atoms with Gasteiger partial charge < -0.3 is 19.5 Å². The van der Waals surface area contributed by atoms with Gasteiger partial charge in [0.05, 0.1) is 6.61 Å². The number of nitrogens with zero attached hydrogens (tertiary/aromatic N) is 1. The smallest absolute Gasteiger partial charge is 0.429 e. The van der Waals surface area contributed by atoms with Crippen LogP contribution in [0.3, 0.4) is 0 Å². The Morgan fingerprint density at radius 3 is 2.19 bits per heavy atom. The summed E-state index contributed by atoms with van der Waals surface area (Å²) in [6, 6.07) is 20.5. The SMILES string of the molecule is CC(C#N)(NC(=O)C(CC1CC1)OC(=O)OCc1ccccc1)OCc1ccccc1. The number of rotatable bonds is 10. The van der Waals surface area contributed by atoms with Crippen LogP contribution in [0.1, 0.15) is 37.3 Å². The molecule has 3 rings (SSSR count). The molecule has 1 aliphatic carbocycles. The van der Waals surface area contributed by atoms with E-state index in [2.05, 4.69) is 5.32 Å². The Kier molecular flexibility index (Phi) is 7.63. The Hall–Kier alpha value is -3.37. The standard InChI is InChI=1S/C24H26N2O5/c1-24(17-25,30-16-20-10-6-3-7-11-20)26-22(27)21(14-18-12-13-18)31-23(28)29-15-19-8-4-2-5-9-19/h2-11,18,21H,12-16H2,1H3,(H,26,27). The quantitative estimate of drug-likeness (QED) is 0.458. The third kappa shape index (κ3) is 7.43. The lowest BCUT2D eigenvalue weighted by Gasteiger charge is -2.26. The maximum absolute atomic E-state index is 12.8. The molecule has 0 saturated heterocycles. The zero-order valence-corrected chi connectivity index (χ0v) is 17.5. The highest BCUT2D eigenvalue weighted by molar-refractivity contribution is 5.83. The molecule has 0 spiro atoms. The first-order valence-corrected chi connectivity index (χ1v) is 10.3. The summed E-state index contributed by atoms with van der Waals surface area (Å²) in [5, 5.41) is 12.1. The van der Waals surface area contributed by atoms with Crippen LogP contribution in [0.5, 0.6) is 0 Å². The second-order valence-electron chi connectivity index (χ2n) is 7.72. The van der Waals surface area contributed by atoms with Crippen LogP contribution < -0.4 is 5.32 Å². The Bertz CT molecular complexity index is 909. The Balaban J connectivity index is 1.56. The molecule has 0 bridgehead atoms. The first kappa shape index (κ1) is 22.3. The lowest BCUT2D eigenvalue weighted by atomic mass is 10.1. The molecule has 2 atom stereocenters. The van der Waals surface area contributed by atoms with Crippen LogP contribution in [0, 0.1) is 17.2 Å². The highest BCUT2D eigenvalue weighted by Gasteiger charge is 2.36. The van der Waals surface area contributed by atoms with Gasteiger partial charge in [0.1, 0.15) is 12.7 Å². The summed E-state index contributed by atoms with van der Waals surface area (Å²) in [6.45, 7) is 1.67. The normalized spacial score (nSPS) is 15.7. The topological polar surface area (TPSA) is 97.7 Å². The number of carbonyl (C=O) groups is 2. The molecule has 1 amide bonds. The molecule has 2 aromatic carbocycles. The lowest BCUT2D eigenvalue weighted by Crippen LogP contribution is -2.51. The van der Waals surface area contributed by atoms with Crippen LogP contribution in [0.4, 0.5) is 4.79 Å². The molecule has 0 aromatic heterocycles. The lowest BCUT2D eigenvalue weighted by molar-refractivity contribution is -0.139. The van der Waals surface area contributed by atoms with Gasteiger partial charge in [-0.25, -0.2) is 4.79 Å². The summed E-state index contributed by atoms with van der Waals surface area (Å²) >= 11 is 0. The van der Waals surface area contributed by atoms with Crippen molar-refractivity contribution in [1.82, 2.24) is 5.32 Å². The molecular weight excluding hydrogens is 396 g/mol. The Morgan fingerprint density at radius 1 is 1.06 bits per heavy atom. The molecule has 0 aliphatic heterocycles. The van der Waals surface area contributed by atoms with Crippen molar-refractivity contribution in [1.29, 1.82) is 5.26 Å². The number of carbonyl (C=O) groups excluding carboxylic acids is 2. The van der Waals surface area contributed by atoms with Gasteiger partial charge in [-0.1, -0.05) is 73.5 Å². The van der Waals surface area contributed by atoms with Gasteiger partial charge in [0.15, 0.2) is 6.10 Å². The van der Waals surface area contributed by atoms with E-state index in [1.807, 2.05) is 66.7 Å². The van der Waals surface area contributed by atoms with E-state index in [4.69, 9.17) is 14.2 Å². The van der Waals surface area contributed by atoms with Crippen LogP contribution in [-0.4, -0.2) is 23.9 Å². The van der Waals surface area contributed by atoms with Crippen molar-refractivity contribution in [3.8, 4) is 6.07 Å². The maximum atomic E-state index is 12.8. The van der Waals surface area contributed by atoms with Gasteiger partial charge in [0, 0.05) is 0 Å². The molecule has 0 heterocycles. The zero-order valence-electron chi connectivity index (χ0n) is 17.5. The predicted molar refractivity (Wildman–Crippen MR) is 112 cm³/mol. The minimum absolute atomic E-state index is 0.0491. The number of hydrogen-bond acceptors (Lipinski definition) is 6. The van der Waals surface area contributed by atoms with Gasteiger partial charge in [-0.3, -0.25) is 4.79 Å². The number of nitrogens with one attached hydrogen (secondary N) is 1. The first-order chi connectivity index (χ1) is 15.0. The second kappa shape index (κ2) is 10.6. The fourth-order valence-electron chi connectivity index (χ4n) is 2.95. The van der Waals surface area contributed by atoms with Crippen molar-refractivity contribution in [2.75, 3.05) is 0 Å². The van der Waals surface area contributed by atoms with Gasteiger partial charge in [0.25, 0.3) is 5.91 Å². The fourth-order valence-corrected chi connectivity index (χ4v) is 2.95. The van der Waals surface area contributed by atoms with Crippen molar-refractivity contribution in [2.45, 2.75) is 51.2 Å². The van der Waals surface area contributed by atoms with E-state index in [-0.39, 0.29) is 13.2 Å². The number of ether oxygens (including phenoxy) is 3. The number of benzene rings is 2. The summed E-state index contributed by atoms with van der Waals surface area (Å²) in [4.78, 5) is 25.0. The highest BCUT2D eigenvalue weighted by Crippen LogP contribution is 2.34. The van der Waals surface area contributed by atoms with Gasteiger partial charge in [-0.15, -0.1) is 0 Å². The van der Waals surface area contributed by atoms with E-state index < -0.39 is 23.9 Å². The third-order valence-corrected chi connectivity index (χ3v) is 4.92. The Morgan fingerprint density at radius 2 is 1.65 bits per heavy atom. The molecule has 31 heavy (non-hydrogen) atoms. The van der Waals surface area contributed by atoms with Crippen LogP contribution in [0.2, 0.25) is 0 Å². The zero-order chi connectivity index (χ0) is 22.1. The van der Waals surface area contributed by atoms with Crippen molar-refractivity contribution in [3.05, 3.63) is 71.8 Å². The van der Waals surface area contributed by atoms with E-state index in [1.165, 1.54) is 6.92 Å². The molecule has 1 aliphatic rings. The molecule has 1 N–H and O–H groups in total. The van der Waals surface area contributed by atoms with Gasteiger partial charge in [-0.2, -0.15) is 5.26 Å². The summed E-state index contributed by atoms with van der Waals surface area (Å²) in [7, 11) is 0. The number of hydrogen-bond donors (Lipinski definition) is 1. The molecule has 162 valence electrons. The van der Waals surface area contributed by atoms with E-state index >= 15 is 0 Å². The van der Waals surface area contributed by atoms with Gasteiger partial charge in [0.2, 0.25) is 5.72 Å². The van der Waals surface area contributed by atoms with Crippen molar-refractivity contribution in [3.63, 3.8) is 0 Å². The van der Waals surface area contributed by atoms with E-state index in [9.17, 15) is 14.9 Å². The van der Waals surface area contributed by atoms with Crippen LogP contribution in [-0.2, 0) is 32.2 Å². The van der Waals surface area contributed by atoms with Gasteiger partial charge in [-0.05, 0) is 30.4 Å². The minimum atomic E-state index is -1.56. The molecule has 1 fully saturated rings. The largest absolute Gasteiger partial charge is 0.509 e. The molecule has 0 radical (unpaired) electrons. The third-order valence-electron chi connectivity index (χ3n) is 4.92. The Labute approximate surface area is 181 Å². The van der Waals surface area contributed by atoms with E-state index in [0.29, 0.717) is 12.3 Å². The van der Waals surface area contributed by atoms with Crippen molar-refractivity contribution in [2.24, 2.45) is 5.92 Å². The highest BCUT2D eigenvalue weighted by atomic mass is 16.7. The van der Waals surface area contributed by atoms with Crippen LogP contribution in [0.25, 0.3) is 0 Å². The van der Waals surface area contributed by atoms with Crippen molar-refractivity contribution >= 4 is 12.1 Å². The van der Waals surface area contributed by atoms with E-state index in [0.717, 1.165) is 24.0 Å². The predicted octanol–water partition coefficient (Wildman–Crippen LogP) is 4.08. The number of amides is 1. The maximum Gasteiger partial charge on any atom is 0.509 e. The number of nitriles is 1. The average Bonchev–Trinajstić information content (AvgIpc) is 3.61. The molecule has 1 saturated carbocycles. The second-order valence-corrected chi connectivity index (χ2v) is 7.72. The summed E-state index contributed by atoms with van der Waals surface area (Å²) in [6.07, 6.45) is 0.363. The molecule has 2 unspecified atom stereocenters. The summed E-state index contributed by atoms with van der Waals surface area (Å²) in [5.74, 6) is -0.267.